The number of rotatable bonds is 6. The average molecular weight is 366 g/mol. The molecule has 0 spiro atoms. The van der Waals surface area contributed by atoms with Crippen LogP contribution < -0.4 is 5.73 Å². The molecule has 0 amide bonds. The molecule has 0 saturated carbocycles. The summed E-state index contributed by atoms with van der Waals surface area (Å²) in [5, 5.41) is 33.3. The zero-order chi connectivity index (χ0) is 19.4. The van der Waals surface area contributed by atoms with Gasteiger partial charge in [-0.15, -0.1) is 5.11 Å². The molecular weight excluding hydrogens is 352 g/mol. The maximum atomic E-state index is 11.1. The largest absolute Gasteiger partial charge is 0.506 e. The van der Waals surface area contributed by atoms with E-state index in [2.05, 4.69) is 25.2 Å². The number of aromatic nitrogens is 1. The van der Waals surface area contributed by atoms with E-state index in [9.17, 15) is 15.2 Å². The Kier molecular flexibility index (Phi) is 4.97. The Hall–Kier alpha value is -3.95. The smallest absolute Gasteiger partial charge is 0.281 e. The van der Waals surface area contributed by atoms with Gasteiger partial charge in [0.15, 0.2) is 0 Å². The number of nitro groups is 1. The Bertz CT molecular complexity index is 1100. The van der Waals surface area contributed by atoms with E-state index in [4.69, 9.17) is 11.3 Å². The second-order valence-electron chi connectivity index (χ2n) is 5.56. The fourth-order valence-corrected chi connectivity index (χ4v) is 2.61. The van der Waals surface area contributed by atoms with E-state index in [1.165, 1.54) is 12.1 Å². The van der Waals surface area contributed by atoms with Crippen molar-refractivity contribution in [3.8, 4) is 5.75 Å². The summed E-state index contributed by atoms with van der Waals surface area (Å²) in [6.07, 6.45) is 2.48. The van der Waals surface area contributed by atoms with Crippen molar-refractivity contribution in [2.45, 2.75) is 6.42 Å². The predicted octanol–water partition coefficient (Wildman–Crippen LogP) is 4.64. The fourth-order valence-electron chi connectivity index (χ4n) is 2.61. The van der Waals surface area contributed by atoms with Gasteiger partial charge in [0.1, 0.15) is 17.1 Å². The number of aromatic hydroxyl groups is 1. The van der Waals surface area contributed by atoms with Gasteiger partial charge >= 0.3 is 0 Å². The Labute approximate surface area is 151 Å². The third-order valence-corrected chi connectivity index (χ3v) is 3.86. The summed E-state index contributed by atoms with van der Waals surface area (Å²) in [7, 11) is 0. The van der Waals surface area contributed by atoms with Crippen LogP contribution in [0.15, 0.2) is 51.9 Å². The van der Waals surface area contributed by atoms with Gasteiger partial charge in [-0.2, -0.15) is 5.11 Å². The molecule has 0 unspecified atom stereocenters. The standard InChI is InChI=1S/C16H14N8O3/c17-4-3-9-8-19-13-7-14(16(25)6-11(9)13)21-20-10-1-2-12(22-23-18)15(5-10)24(26)27/h1-2,5-8,19,25H,3-4,17H2. The van der Waals surface area contributed by atoms with Crippen molar-refractivity contribution in [1.29, 1.82) is 0 Å². The monoisotopic (exact) mass is 366 g/mol. The fraction of sp³-hybridized carbons (Fsp3) is 0.125. The van der Waals surface area contributed by atoms with Crippen LogP contribution >= 0.6 is 0 Å². The summed E-state index contributed by atoms with van der Waals surface area (Å²) in [5.41, 5.74) is 15.6. The Morgan fingerprint density at radius 2 is 2.07 bits per heavy atom. The van der Waals surface area contributed by atoms with Gasteiger partial charge in [-0.3, -0.25) is 10.1 Å². The summed E-state index contributed by atoms with van der Waals surface area (Å²) < 4.78 is 0. The SMILES string of the molecule is [N-]=[N+]=Nc1ccc(N=Nc2cc3[nH]cc(CCN)c3cc2O)cc1[N+](=O)[O-]. The van der Waals surface area contributed by atoms with Crippen molar-refractivity contribution in [2.24, 2.45) is 21.1 Å². The second kappa shape index (κ2) is 7.52. The van der Waals surface area contributed by atoms with E-state index in [0.29, 0.717) is 13.0 Å². The molecule has 2 aromatic carbocycles. The second-order valence-corrected chi connectivity index (χ2v) is 5.56. The first kappa shape index (κ1) is 17.9. The van der Waals surface area contributed by atoms with Crippen LogP contribution in [0.25, 0.3) is 21.3 Å². The van der Waals surface area contributed by atoms with Gasteiger partial charge < -0.3 is 15.8 Å². The summed E-state index contributed by atoms with van der Waals surface area (Å²) >= 11 is 0. The molecule has 0 fully saturated rings. The molecule has 3 aromatic rings. The van der Waals surface area contributed by atoms with Crippen molar-refractivity contribution in [3.63, 3.8) is 0 Å². The number of hydrogen-bond acceptors (Lipinski definition) is 7. The van der Waals surface area contributed by atoms with Crippen LogP contribution in [0.1, 0.15) is 5.56 Å². The third kappa shape index (κ3) is 3.68. The molecular formula is C16H14N8O3. The molecule has 0 bridgehead atoms. The zero-order valence-corrected chi connectivity index (χ0v) is 13.9. The number of hydrogen-bond donors (Lipinski definition) is 3. The molecule has 0 aliphatic rings. The first-order valence-electron chi connectivity index (χ1n) is 7.82. The normalized spacial score (nSPS) is 11.0. The maximum Gasteiger partial charge on any atom is 0.281 e. The molecule has 136 valence electrons. The molecule has 27 heavy (non-hydrogen) atoms. The van der Waals surface area contributed by atoms with Crippen LogP contribution in [0.4, 0.5) is 22.7 Å². The number of phenols is 1. The summed E-state index contributed by atoms with van der Waals surface area (Å²) in [6, 6.07) is 7.02. The van der Waals surface area contributed by atoms with E-state index in [1.807, 2.05) is 6.20 Å². The van der Waals surface area contributed by atoms with E-state index in [0.717, 1.165) is 22.5 Å². The molecule has 0 aliphatic heterocycles. The van der Waals surface area contributed by atoms with Crippen molar-refractivity contribution in [1.82, 2.24) is 4.98 Å². The van der Waals surface area contributed by atoms with E-state index in [-0.39, 0.29) is 28.5 Å². The molecule has 1 heterocycles. The van der Waals surface area contributed by atoms with E-state index >= 15 is 0 Å². The van der Waals surface area contributed by atoms with Gasteiger partial charge in [0.25, 0.3) is 5.69 Å². The van der Waals surface area contributed by atoms with Gasteiger partial charge in [-0.1, -0.05) is 5.11 Å². The number of azo groups is 1. The molecule has 3 rings (SSSR count). The van der Waals surface area contributed by atoms with Gasteiger partial charge in [0, 0.05) is 28.1 Å². The first-order chi connectivity index (χ1) is 13.0. The van der Waals surface area contributed by atoms with Crippen LogP contribution in [-0.4, -0.2) is 21.6 Å². The van der Waals surface area contributed by atoms with E-state index < -0.39 is 4.92 Å². The third-order valence-electron chi connectivity index (χ3n) is 3.86. The average Bonchev–Trinajstić information content (AvgIpc) is 3.02. The highest BCUT2D eigenvalue weighted by Gasteiger charge is 2.14. The number of phenolic OH excluding ortho intramolecular Hbond substituents is 1. The molecule has 0 saturated heterocycles. The summed E-state index contributed by atoms with van der Waals surface area (Å²) in [4.78, 5) is 16.0. The minimum atomic E-state index is -0.676. The Morgan fingerprint density at radius 1 is 1.26 bits per heavy atom. The van der Waals surface area contributed by atoms with Crippen molar-refractivity contribution in [2.75, 3.05) is 6.54 Å². The lowest BCUT2D eigenvalue weighted by Gasteiger charge is -2.01. The summed E-state index contributed by atoms with van der Waals surface area (Å²) in [6.45, 7) is 0.486. The lowest BCUT2D eigenvalue weighted by Crippen LogP contribution is -2.01. The molecule has 11 heteroatoms. The van der Waals surface area contributed by atoms with Gasteiger partial charge in [0.2, 0.25) is 0 Å². The number of nitrogens with one attached hydrogen (secondary N) is 1. The topological polar surface area (TPSA) is 179 Å². The highest BCUT2D eigenvalue weighted by atomic mass is 16.6. The van der Waals surface area contributed by atoms with Crippen molar-refractivity contribution in [3.05, 3.63) is 62.6 Å². The number of nitrogens with zero attached hydrogens (tertiary/aromatic N) is 6. The minimum Gasteiger partial charge on any atom is -0.506 e. The quantitative estimate of drug-likeness (QED) is 0.189. The van der Waals surface area contributed by atoms with Crippen LogP contribution in [0.5, 0.6) is 5.75 Å². The Balaban J connectivity index is 1.96. The lowest BCUT2D eigenvalue weighted by molar-refractivity contribution is -0.384. The minimum absolute atomic E-state index is 0.0793. The molecule has 4 N–H and O–H groups in total. The number of fused-ring (bicyclic) bond motifs is 1. The number of H-pyrrole nitrogens is 1. The van der Waals surface area contributed by atoms with Crippen LogP contribution in [-0.2, 0) is 6.42 Å². The van der Waals surface area contributed by atoms with Gasteiger partial charge in [-0.05, 0) is 48.3 Å². The molecule has 0 aliphatic carbocycles. The van der Waals surface area contributed by atoms with Gasteiger partial charge in [0.05, 0.1) is 10.6 Å². The molecule has 0 radical (unpaired) electrons. The van der Waals surface area contributed by atoms with E-state index in [1.54, 1.807) is 12.1 Å². The van der Waals surface area contributed by atoms with Crippen LogP contribution in [0, 0.1) is 10.1 Å². The number of benzene rings is 2. The van der Waals surface area contributed by atoms with Crippen LogP contribution in [0.2, 0.25) is 0 Å². The molecule has 0 atom stereocenters. The summed E-state index contributed by atoms with van der Waals surface area (Å²) in [5.74, 6) is -0.0793. The zero-order valence-electron chi connectivity index (χ0n) is 13.9. The predicted molar refractivity (Wildman–Crippen MR) is 98.8 cm³/mol. The lowest BCUT2D eigenvalue weighted by atomic mass is 10.1. The highest BCUT2D eigenvalue weighted by Crippen LogP contribution is 2.36. The van der Waals surface area contributed by atoms with Gasteiger partial charge in [-0.25, -0.2) is 0 Å². The highest BCUT2D eigenvalue weighted by molar-refractivity contribution is 5.88. The van der Waals surface area contributed by atoms with Crippen molar-refractivity contribution < 1.29 is 10.0 Å². The first-order valence-corrected chi connectivity index (χ1v) is 7.82. The number of aromatic amines is 1. The maximum absolute atomic E-state index is 11.1. The Morgan fingerprint density at radius 3 is 2.78 bits per heavy atom. The molecule has 11 nitrogen and oxygen atoms in total. The van der Waals surface area contributed by atoms with Crippen molar-refractivity contribution >= 4 is 33.7 Å². The number of nitro benzene ring substituents is 1. The van der Waals surface area contributed by atoms with Crippen LogP contribution in [0.3, 0.4) is 0 Å². The molecule has 1 aromatic heterocycles. The number of nitrogens with two attached hydrogens (primary N) is 1. The number of azide groups is 1.